The number of nitrogens with zero attached hydrogens (tertiary/aromatic N) is 4. The molecule has 0 aliphatic rings. The second-order valence-electron chi connectivity index (χ2n) is 5.05. The van der Waals surface area contributed by atoms with Crippen molar-refractivity contribution in [3.63, 3.8) is 0 Å². The Balaban J connectivity index is 2.52. The third-order valence-corrected chi connectivity index (χ3v) is 3.24. The maximum atomic E-state index is 8.91. The van der Waals surface area contributed by atoms with Crippen LogP contribution in [-0.2, 0) is 0 Å². The molecule has 2 aromatic rings. The molecule has 21 heavy (non-hydrogen) atoms. The summed E-state index contributed by atoms with van der Waals surface area (Å²) in [5.41, 5.74) is 7.93. The van der Waals surface area contributed by atoms with Gasteiger partial charge in [-0.2, -0.15) is 5.26 Å². The van der Waals surface area contributed by atoms with E-state index in [9.17, 15) is 0 Å². The number of nitriles is 1. The first-order valence-corrected chi connectivity index (χ1v) is 6.95. The molecule has 108 valence electrons. The van der Waals surface area contributed by atoms with Crippen molar-refractivity contribution < 1.29 is 0 Å². The van der Waals surface area contributed by atoms with E-state index in [1.165, 1.54) is 6.33 Å². The van der Waals surface area contributed by atoms with Crippen molar-refractivity contribution in [2.75, 3.05) is 17.2 Å². The Morgan fingerprint density at radius 2 is 1.95 bits per heavy atom. The van der Waals surface area contributed by atoms with Gasteiger partial charge in [-0.05, 0) is 18.1 Å². The molecule has 5 nitrogen and oxygen atoms in total. The first-order valence-electron chi connectivity index (χ1n) is 6.95. The van der Waals surface area contributed by atoms with Crippen molar-refractivity contribution in [3.8, 4) is 6.07 Å². The highest BCUT2D eigenvalue weighted by molar-refractivity contribution is 5.67. The zero-order valence-electron chi connectivity index (χ0n) is 12.3. The first kappa shape index (κ1) is 14.8. The van der Waals surface area contributed by atoms with Crippen molar-refractivity contribution >= 4 is 17.3 Å². The minimum Gasteiger partial charge on any atom is -0.383 e. The average molecular weight is 281 g/mol. The Bertz CT molecular complexity index is 631. The third-order valence-electron chi connectivity index (χ3n) is 3.24. The third kappa shape index (κ3) is 3.29. The van der Waals surface area contributed by atoms with E-state index in [2.05, 4.69) is 29.9 Å². The fourth-order valence-corrected chi connectivity index (χ4v) is 2.30. The monoisotopic (exact) mass is 281 g/mol. The number of para-hydroxylation sites is 1. The van der Waals surface area contributed by atoms with Crippen LogP contribution in [0.15, 0.2) is 36.7 Å². The van der Waals surface area contributed by atoms with Gasteiger partial charge in [-0.1, -0.05) is 32.0 Å². The highest BCUT2D eigenvalue weighted by Crippen LogP contribution is 2.33. The number of nitrogen functional groups attached to an aromatic ring is 1. The number of aromatic nitrogens is 2. The van der Waals surface area contributed by atoms with Crippen LogP contribution in [-0.4, -0.2) is 16.5 Å². The van der Waals surface area contributed by atoms with Gasteiger partial charge in [-0.25, -0.2) is 9.97 Å². The van der Waals surface area contributed by atoms with E-state index in [4.69, 9.17) is 11.0 Å². The van der Waals surface area contributed by atoms with Crippen molar-refractivity contribution in [2.24, 2.45) is 0 Å². The van der Waals surface area contributed by atoms with Crippen molar-refractivity contribution in [1.82, 2.24) is 9.97 Å². The topological polar surface area (TPSA) is 78.8 Å². The molecule has 1 heterocycles. The van der Waals surface area contributed by atoms with Crippen LogP contribution in [0.1, 0.15) is 31.7 Å². The number of anilines is 3. The van der Waals surface area contributed by atoms with Gasteiger partial charge in [-0.3, -0.25) is 0 Å². The maximum absolute atomic E-state index is 8.91. The lowest BCUT2D eigenvalue weighted by atomic mass is 10.0. The number of benzene rings is 1. The molecule has 0 aliphatic heterocycles. The van der Waals surface area contributed by atoms with Gasteiger partial charge < -0.3 is 10.6 Å². The van der Waals surface area contributed by atoms with Crippen molar-refractivity contribution in [3.05, 3.63) is 42.2 Å². The average Bonchev–Trinajstić information content (AvgIpc) is 2.48. The summed E-state index contributed by atoms with van der Waals surface area (Å²) in [7, 11) is 0. The Hall–Kier alpha value is -2.61. The first-order chi connectivity index (χ1) is 10.1. The Morgan fingerprint density at radius 1 is 1.24 bits per heavy atom. The molecule has 2 rings (SSSR count). The zero-order chi connectivity index (χ0) is 15.2. The number of rotatable bonds is 5. The van der Waals surface area contributed by atoms with E-state index >= 15 is 0 Å². The standard InChI is InChI=1S/C16H19N5/c1-12(2)14-15(18)19-11-20-16(14)21(10-6-9-17)13-7-4-3-5-8-13/h3-5,7-8,11-12H,6,10H2,1-2H3,(H2,18,19,20). The minimum absolute atomic E-state index is 0.203. The van der Waals surface area contributed by atoms with Gasteiger partial charge in [0.15, 0.2) is 0 Å². The van der Waals surface area contributed by atoms with Crippen LogP contribution in [0.3, 0.4) is 0 Å². The van der Waals surface area contributed by atoms with Crippen LogP contribution in [0, 0.1) is 11.3 Å². The number of hydrogen-bond acceptors (Lipinski definition) is 5. The smallest absolute Gasteiger partial charge is 0.142 e. The lowest BCUT2D eigenvalue weighted by molar-refractivity contribution is 0.826. The van der Waals surface area contributed by atoms with E-state index in [0.29, 0.717) is 18.8 Å². The zero-order valence-corrected chi connectivity index (χ0v) is 12.3. The van der Waals surface area contributed by atoms with Crippen LogP contribution in [0.4, 0.5) is 17.3 Å². The molecule has 0 fully saturated rings. The molecule has 0 saturated carbocycles. The maximum Gasteiger partial charge on any atom is 0.142 e. The predicted molar refractivity (Wildman–Crippen MR) is 84.2 cm³/mol. The summed E-state index contributed by atoms with van der Waals surface area (Å²) in [5, 5.41) is 8.91. The summed E-state index contributed by atoms with van der Waals surface area (Å²) in [5.74, 6) is 1.47. The van der Waals surface area contributed by atoms with Gasteiger partial charge in [0.25, 0.3) is 0 Å². The molecule has 5 heteroatoms. The molecule has 2 N–H and O–H groups in total. The molecule has 0 unspecified atom stereocenters. The summed E-state index contributed by atoms with van der Waals surface area (Å²) >= 11 is 0. The minimum atomic E-state index is 0.203. The lowest BCUT2D eigenvalue weighted by Crippen LogP contribution is -2.22. The number of nitrogens with two attached hydrogens (primary N) is 1. The summed E-state index contributed by atoms with van der Waals surface area (Å²) in [6.45, 7) is 4.69. The van der Waals surface area contributed by atoms with Crippen molar-refractivity contribution in [1.29, 1.82) is 5.26 Å². The molecule has 1 aromatic carbocycles. The summed E-state index contributed by atoms with van der Waals surface area (Å²) in [4.78, 5) is 10.5. The second-order valence-corrected chi connectivity index (χ2v) is 5.05. The van der Waals surface area contributed by atoms with E-state index in [-0.39, 0.29) is 5.92 Å². The summed E-state index contributed by atoms with van der Waals surface area (Å²) in [6, 6.07) is 12.1. The molecule has 0 radical (unpaired) electrons. The van der Waals surface area contributed by atoms with E-state index in [0.717, 1.165) is 17.1 Å². The summed E-state index contributed by atoms with van der Waals surface area (Å²) < 4.78 is 0. The quantitative estimate of drug-likeness (QED) is 0.910. The van der Waals surface area contributed by atoms with E-state index < -0.39 is 0 Å². The molecule has 0 spiro atoms. The fraction of sp³-hybridized carbons (Fsp3) is 0.312. The van der Waals surface area contributed by atoms with Gasteiger partial charge in [0.1, 0.15) is 18.0 Å². The van der Waals surface area contributed by atoms with E-state index in [1.54, 1.807) is 0 Å². The predicted octanol–water partition coefficient (Wildman–Crippen LogP) is 3.23. The van der Waals surface area contributed by atoms with Crippen molar-refractivity contribution in [2.45, 2.75) is 26.2 Å². The Morgan fingerprint density at radius 3 is 2.57 bits per heavy atom. The van der Waals surface area contributed by atoms with E-state index in [1.807, 2.05) is 35.2 Å². The van der Waals surface area contributed by atoms with Crippen LogP contribution < -0.4 is 10.6 Å². The van der Waals surface area contributed by atoms with Crippen LogP contribution >= 0.6 is 0 Å². The molecule has 0 aliphatic carbocycles. The van der Waals surface area contributed by atoms with Crippen LogP contribution in [0.2, 0.25) is 0 Å². The normalized spacial score (nSPS) is 10.4. The van der Waals surface area contributed by atoms with Crippen LogP contribution in [0.5, 0.6) is 0 Å². The highest BCUT2D eigenvalue weighted by atomic mass is 15.2. The second kappa shape index (κ2) is 6.71. The Kier molecular flexibility index (Phi) is 4.72. The molecule has 0 amide bonds. The molecular weight excluding hydrogens is 262 g/mol. The largest absolute Gasteiger partial charge is 0.383 e. The van der Waals surface area contributed by atoms with Gasteiger partial charge in [0, 0.05) is 17.8 Å². The molecule has 0 atom stereocenters. The number of hydrogen-bond donors (Lipinski definition) is 1. The molecule has 1 aromatic heterocycles. The Labute approximate surface area is 125 Å². The highest BCUT2D eigenvalue weighted by Gasteiger charge is 2.19. The van der Waals surface area contributed by atoms with Crippen LogP contribution in [0.25, 0.3) is 0 Å². The molecule has 0 saturated heterocycles. The molecular formula is C16H19N5. The van der Waals surface area contributed by atoms with Gasteiger partial charge in [-0.15, -0.1) is 0 Å². The molecule has 0 bridgehead atoms. The summed E-state index contributed by atoms with van der Waals surface area (Å²) in [6.07, 6.45) is 1.88. The SMILES string of the molecule is CC(C)c1c(N)ncnc1N(CCC#N)c1ccccc1. The lowest BCUT2D eigenvalue weighted by Gasteiger charge is -2.26. The van der Waals surface area contributed by atoms with Gasteiger partial charge in [0.2, 0.25) is 0 Å². The fourth-order valence-electron chi connectivity index (χ4n) is 2.30. The van der Waals surface area contributed by atoms with Gasteiger partial charge in [0.05, 0.1) is 12.5 Å². The van der Waals surface area contributed by atoms with Gasteiger partial charge >= 0.3 is 0 Å².